The summed E-state index contributed by atoms with van der Waals surface area (Å²) in [5, 5.41) is 8.96. The lowest BCUT2D eigenvalue weighted by Gasteiger charge is -2.13. The number of hydrogen-bond acceptors (Lipinski definition) is 4. The van der Waals surface area contributed by atoms with Gasteiger partial charge in [-0.3, -0.25) is 0 Å². The third-order valence-electron chi connectivity index (χ3n) is 2.50. The van der Waals surface area contributed by atoms with E-state index in [-0.39, 0.29) is 6.79 Å². The first kappa shape index (κ1) is 15.8. The Balaban J connectivity index is 3.05. The molecule has 0 aliphatic heterocycles. The van der Waals surface area contributed by atoms with Crippen molar-refractivity contribution in [2.24, 2.45) is 0 Å². The summed E-state index contributed by atoms with van der Waals surface area (Å²) >= 11 is 2.18. The number of allylic oxidation sites excluding steroid dienone is 2. The van der Waals surface area contributed by atoms with Crippen molar-refractivity contribution in [2.45, 2.75) is 13.3 Å². The van der Waals surface area contributed by atoms with Crippen LogP contribution in [0, 0.1) is 14.9 Å². The fourth-order valence-electron chi connectivity index (χ4n) is 1.56. The number of rotatable bonds is 6. The highest BCUT2D eigenvalue weighted by Crippen LogP contribution is 2.34. The number of hydrogen-bond donors (Lipinski definition) is 0. The van der Waals surface area contributed by atoms with Crippen molar-refractivity contribution in [1.82, 2.24) is 0 Å². The van der Waals surface area contributed by atoms with Crippen molar-refractivity contribution in [3.05, 3.63) is 32.9 Å². The molecule has 102 valence electrons. The van der Waals surface area contributed by atoms with Crippen LogP contribution in [0.3, 0.4) is 0 Å². The maximum atomic E-state index is 8.96. The SMILES string of the molecule is C/C=C(\C#N)Cc1cc(I)c(OCOC)c(OC)c1. The molecule has 0 amide bonds. The van der Waals surface area contributed by atoms with E-state index in [2.05, 4.69) is 28.7 Å². The molecule has 0 saturated carbocycles. The molecule has 1 rings (SSSR count). The Hall–Kier alpha value is -1.26. The Morgan fingerprint density at radius 3 is 2.68 bits per heavy atom. The molecule has 0 radical (unpaired) electrons. The molecule has 4 nitrogen and oxygen atoms in total. The summed E-state index contributed by atoms with van der Waals surface area (Å²) in [4.78, 5) is 0. The summed E-state index contributed by atoms with van der Waals surface area (Å²) in [5.41, 5.74) is 1.74. The Kier molecular flexibility index (Phi) is 6.67. The number of halogens is 1. The smallest absolute Gasteiger partial charge is 0.188 e. The van der Waals surface area contributed by atoms with Crippen LogP contribution in [-0.2, 0) is 11.2 Å². The molecule has 19 heavy (non-hydrogen) atoms. The van der Waals surface area contributed by atoms with Gasteiger partial charge in [0.15, 0.2) is 18.3 Å². The first-order valence-electron chi connectivity index (χ1n) is 5.69. The monoisotopic (exact) mass is 373 g/mol. The lowest BCUT2D eigenvalue weighted by molar-refractivity contribution is 0.0485. The highest BCUT2D eigenvalue weighted by molar-refractivity contribution is 14.1. The number of benzene rings is 1. The van der Waals surface area contributed by atoms with Crippen molar-refractivity contribution in [2.75, 3.05) is 21.0 Å². The first-order chi connectivity index (χ1) is 9.15. The van der Waals surface area contributed by atoms with E-state index in [9.17, 15) is 0 Å². The van der Waals surface area contributed by atoms with Gasteiger partial charge < -0.3 is 14.2 Å². The van der Waals surface area contributed by atoms with E-state index in [4.69, 9.17) is 19.5 Å². The van der Waals surface area contributed by atoms with E-state index in [0.717, 1.165) is 14.7 Å². The molecule has 0 aliphatic rings. The van der Waals surface area contributed by atoms with E-state index < -0.39 is 0 Å². The summed E-state index contributed by atoms with van der Waals surface area (Å²) in [7, 11) is 3.16. The lowest BCUT2D eigenvalue weighted by Crippen LogP contribution is -2.03. The van der Waals surface area contributed by atoms with Crippen LogP contribution < -0.4 is 9.47 Å². The van der Waals surface area contributed by atoms with Gasteiger partial charge in [0.1, 0.15) is 0 Å². The van der Waals surface area contributed by atoms with E-state index in [1.165, 1.54) is 0 Å². The van der Waals surface area contributed by atoms with Gasteiger partial charge in [-0.05, 0) is 47.2 Å². The van der Waals surface area contributed by atoms with Crippen LogP contribution in [0.25, 0.3) is 0 Å². The quantitative estimate of drug-likeness (QED) is 0.436. The Bertz CT molecular complexity index is 506. The van der Waals surface area contributed by atoms with Crippen LogP contribution in [0.2, 0.25) is 0 Å². The van der Waals surface area contributed by atoms with Gasteiger partial charge in [0.2, 0.25) is 0 Å². The van der Waals surface area contributed by atoms with Crippen molar-refractivity contribution >= 4 is 22.6 Å². The van der Waals surface area contributed by atoms with Crippen LogP contribution in [0.4, 0.5) is 0 Å². The van der Waals surface area contributed by atoms with E-state index >= 15 is 0 Å². The van der Waals surface area contributed by atoms with Crippen molar-refractivity contribution < 1.29 is 14.2 Å². The molecule has 0 fully saturated rings. The normalized spacial score (nSPS) is 11.0. The molecular weight excluding hydrogens is 357 g/mol. The topological polar surface area (TPSA) is 51.5 Å². The van der Waals surface area contributed by atoms with Crippen LogP contribution in [0.5, 0.6) is 11.5 Å². The predicted octanol–water partition coefficient (Wildman–Crippen LogP) is 3.29. The van der Waals surface area contributed by atoms with Gasteiger partial charge in [0.05, 0.1) is 16.7 Å². The Morgan fingerprint density at radius 2 is 2.16 bits per heavy atom. The van der Waals surface area contributed by atoms with Crippen LogP contribution in [0.15, 0.2) is 23.8 Å². The maximum Gasteiger partial charge on any atom is 0.188 e. The molecule has 1 aromatic carbocycles. The van der Waals surface area contributed by atoms with Crippen LogP contribution >= 0.6 is 22.6 Å². The zero-order valence-electron chi connectivity index (χ0n) is 11.2. The second-order valence-electron chi connectivity index (χ2n) is 3.76. The molecule has 0 bridgehead atoms. The minimum atomic E-state index is 0.171. The largest absolute Gasteiger partial charge is 0.493 e. The van der Waals surface area contributed by atoms with Gasteiger partial charge in [-0.15, -0.1) is 0 Å². The second-order valence-corrected chi connectivity index (χ2v) is 4.92. The summed E-state index contributed by atoms with van der Waals surface area (Å²) in [6, 6.07) is 6.04. The van der Waals surface area contributed by atoms with Crippen LogP contribution in [-0.4, -0.2) is 21.0 Å². The van der Waals surface area contributed by atoms with Gasteiger partial charge in [0.25, 0.3) is 0 Å². The van der Waals surface area contributed by atoms with Crippen molar-refractivity contribution in [1.29, 1.82) is 5.26 Å². The minimum absolute atomic E-state index is 0.171. The van der Waals surface area contributed by atoms with Crippen LogP contribution in [0.1, 0.15) is 12.5 Å². The van der Waals surface area contributed by atoms with Gasteiger partial charge >= 0.3 is 0 Å². The number of methoxy groups -OCH3 is 2. The first-order valence-corrected chi connectivity index (χ1v) is 6.77. The fourth-order valence-corrected chi connectivity index (χ4v) is 2.38. The molecular formula is C14H16INO3. The molecule has 0 unspecified atom stereocenters. The van der Waals surface area contributed by atoms with Crippen molar-refractivity contribution in [3.8, 4) is 17.6 Å². The molecule has 0 aliphatic carbocycles. The predicted molar refractivity (Wildman–Crippen MR) is 81.3 cm³/mol. The second kappa shape index (κ2) is 8.02. The average Bonchev–Trinajstić information content (AvgIpc) is 2.43. The summed E-state index contributed by atoms with van der Waals surface area (Å²) in [5.74, 6) is 1.31. The molecule has 0 aromatic heterocycles. The fraction of sp³-hybridized carbons (Fsp3) is 0.357. The molecule has 0 N–H and O–H groups in total. The Morgan fingerprint density at radius 1 is 1.42 bits per heavy atom. The maximum absolute atomic E-state index is 8.96. The summed E-state index contributed by atoms with van der Waals surface area (Å²) in [6.07, 6.45) is 2.40. The van der Waals surface area contributed by atoms with E-state index in [1.807, 2.05) is 25.1 Å². The van der Waals surface area contributed by atoms with E-state index in [1.54, 1.807) is 14.2 Å². The number of ether oxygens (including phenoxy) is 3. The molecule has 1 aromatic rings. The van der Waals surface area contributed by atoms with Gasteiger partial charge in [-0.25, -0.2) is 0 Å². The Labute approximate surface area is 127 Å². The molecule has 0 atom stereocenters. The number of nitrogens with zero attached hydrogens (tertiary/aromatic N) is 1. The molecule has 0 saturated heterocycles. The van der Waals surface area contributed by atoms with E-state index in [0.29, 0.717) is 17.9 Å². The zero-order chi connectivity index (χ0) is 14.3. The zero-order valence-corrected chi connectivity index (χ0v) is 13.4. The molecule has 0 spiro atoms. The highest BCUT2D eigenvalue weighted by atomic mass is 127. The standard InChI is InChI=1S/C14H16INO3/c1-4-10(8-16)5-11-6-12(15)14(19-9-17-2)13(7-11)18-3/h4,6-7H,5,9H2,1-3H3/b10-4-. The lowest BCUT2D eigenvalue weighted by atomic mass is 10.1. The molecule has 0 heterocycles. The van der Waals surface area contributed by atoms with Gasteiger partial charge in [-0.1, -0.05) is 6.08 Å². The summed E-state index contributed by atoms with van der Waals surface area (Å²) < 4.78 is 16.6. The third-order valence-corrected chi connectivity index (χ3v) is 3.30. The number of nitriles is 1. The average molecular weight is 373 g/mol. The van der Waals surface area contributed by atoms with Gasteiger partial charge in [-0.2, -0.15) is 5.26 Å². The minimum Gasteiger partial charge on any atom is -0.493 e. The van der Waals surface area contributed by atoms with Crippen molar-refractivity contribution in [3.63, 3.8) is 0 Å². The molecule has 5 heteroatoms. The third kappa shape index (κ3) is 4.40. The highest BCUT2D eigenvalue weighted by Gasteiger charge is 2.12. The summed E-state index contributed by atoms with van der Waals surface area (Å²) in [6.45, 7) is 2.03. The van der Waals surface area contributed by atoms with Gasteiger partial charge in [0, 0.05) is 19.1 Å².